The van der Waals surface area contributed by atoms with Crippen LogP contribution in [0, 0.1) is 0 Å². The molecule has 3 aromatic rings. The van der Waals surface area contributed by atoms with Gasteiger partial charge in [-0.05, 0) is 24.3 Å². The van der Waals surface area contributed by atoms with Crippen molar-refractivity contribution in [2.24, 2.45) is 0 Å². The average Bonchev–Trinajstić information content (AvgIpc) is 2.98. The first-order valence-corrected chi connectivity index (χ1v) is 6.77. The first-order valence-electron chi connectivity index (χ1n) is 6.01. The van der Waals surface area contributed by atoms with Gasteiger partial charge in [-0.1, -0.05) is 23.2 Å². The topological polar surface area (TPSA) is 78.5 Å². The smallest absolute Gasteiger partial charge is 0.229 e. The number of hydrogen-bond acceptors (Lipinski definition) is 5. The van der Waals surface area contributed by atoms with Gasteiger partial charge < -0.3 is 10.6 Å². The standard InChI is InChI=1S/C13H10Cl2N6/c14-8-1-3-9(4-2-8)19-12-11(15)7-16-13(21-12)20-10-5-17-18-6-10/h1-7H,(H,17,18)(H2,16,19,20,21). The fourth-order valence-electron chi connectivity index (χ4n) is 1.63. The molecule has 1 aromatic carbocycles. The maximum Gasteiger partial charge on any atom is 0.229 e. The third-order valence-electron chi connectivity index (χ3n) is 2.61. The SMILES string of the molecule is Clc1ccc(Nc2nc(Nc3cn[nH]c3)ncc2Cl)cc1. The highest BCUT2D eigenvalue weighted by molar-refractivity contribution is 6.33. The van der Waals surface area contributed by atoms with Crippen LogP contribution in [0.15, 0.2) is 42.9 Å². The molecule has 8 heteroatoms. The molecule has 106 valence electrons. The molecule has 0 spiro atoms. The van der Waals surface area contributed by atoms with E-state index in [9.17, 15) is 0 Å². The molecule has 0 radical (unpaired) electrons. The molecule has 0 aliphatic heterocycles. The van der Waals surface area contributed by atoms with E-state index < -0.39 is 0 Å². The minimum absolute atomic E-state index is 0.414. The molecule has 0 bridgehead atoms. The first-order chi connectivity index (χ1) is 10.2. The number of aromatic amines is 1. The zero-order chi connectivity index (χ0) is 14.7. The van der Waals surface area contributed by atoms with Crippen molar-refractivity contribution >= 4 is 46.3 Å². The lowest BCUT2D eigenvalue weighted by Crippen LogP contribution is -2.01. The largest absolute Gasteiger partial charge is 0.339 e. The summed E-state index contributed by atoms with van der Waals surface area (Å²) in [5.74, 6) is 0.914. The minimum atomic E-state index is 0.414. The lowest BCUT2D eigenvalue weighted by molar-refractivity contribution is 1.09. The second-order valence-electron chi connectivity index (χ2n) is 4.13. The summed E-state index contributed by atoms with van der Waals surface area (Å²) in [6.45, 7) is 0. The molecular weight excluding hydrogens is 311 g/mol. The molecule has 3 N–H and O–H groups in total. The van der Waals surface area contributed by atoms with Gasteiger partial charge in [0.15, 0.2) is 5.82 Å². The summed E-state index contributed by atoms with van der Waals surface area (Å²) in [6, 6.07) is 7.24. The van der Waals surface area contributed by atoms with Gasteiger partial charge in [-0.3, -0.25) is 5.10 Å². The van der Waals surface area contributed by atoms with Crippen molar-refractivity contribution in [1.82, 2.24) is 20.2 Å². The van der Waals surface area contributed by atoms with Crippen molar-refractivity contribution in [3.05, 3.63) is 52.9 Å². The summed E-state index contributed by atoms with van der Waals surface area (Å²) < 4.78 is 0. The summed E-state index contributed by atoms with van der Waals surface area (Å²) in [4.78, 5) is 8.44. The molecule has 0 amide bonds. The van der Waals surface area contributed by atoms with Gasteiger partial charge >= 0.3 is 0 Å². The lowest BCUT2D eigenvalue weighted by atomic mass is 10.3. The van der Waals surface area contributed by atoms with E-state index in [0.717, 1.165) is 11.4 Å². The predicted molar refractivity (Wildman–Crippen MR) is 83.6 cm³/mol. The Balaban J connectivity index is 1.82. The van der Waals surface area contributed by atoms with Gasteiger partial charge in [0.2, 0.25) is 5.95 Å². The molecule has 0 unspecified atom stereocenters. The Bertz CT molecular complexity index is 727. The highest BCUT2D eigenvalue weighted by Crippen LogP contribution is 2.25. The summed E-state index contributed by atoms with van der Waals surface area (Å²) >= 11 is 12.0. The summed E-state index contributed by atoms with van der Waals surface area (Å²) in [6.07, 6.45) is 4.85. The second kappa shape index (κ2) is 5.99. The Kier molecular flexibility index (Phi) is 3.89. The molecule has 0 aliphatic carbocycles. The third kappa shape index (κ3) is 3.42. The molecule has 0 saturated carbocycles. The monoisotopic (exact) mass is 320 g/mol. The molecule has 6 nitrogen and oxygen atoms in total. The van der Waals surface area contributed by atoms with E-state index in [-0.39, 0.29) is 0 Å². The molecule has 0 saturated heterocycles. The highest BCUT2D eigenvalue weighted by Gasteiger charge is 2.07. The van der Waals surface area contributed by atoms with Gasteiger partial charge in [0.1, 0.15) is 5.02 Å². The van der Waals surface area contributed by atoms with Crippen LogP contribution in [0.25, 0.3) is 0 Å². The second-order valence-corrected chi connectivity index (χ2v) is 4.98. The normalized spacial score (nSPS) is 10.4. The van der Waals surface area contributed by atoms with Crippen LogP contribution in [0.5, 0.6) is 0 Å². The van der Waals surface area contributed by atoms with Crippen molar-refractivity contribution in [1.29, 1.82) is 0 Å². The molecule has 0 fully saturated rings. The van der Waals surface area contributed by atoms with E-state index >= 15 is 0 Å². The van der Waals surface area contributed by atoms with E-state index in [0.29, 0.717) is 21.8 Å². The Hall–Kier alpha value is -2.31. The van der Waals surface area contributed by atoms with Crippen LogP contribution in [0.3, 0.4) is 0 Å². The molecule has 0 aliphatic rings. The Morgan fingerprint density at radius 2 is 1.76 bits per heavy atom. The van der Waals surface area contributed by atoms with Gasteiger partial charge in [-0.2, -0.15) is 10.1 Å². The van der Waals surface area contributed by atoms with Crippen molar-refractivity contribution in [2.75, 3.05) is 10.6 Å². The maximum atomic E-state index is 6.10. The highest BCUT2D eigenvalue weighted by atomic mass is 35.5. The maximum absolute atomic E-state index is 6.10. The fourth-order valence-corrected chi connectivity index (χ4v) is 1.90. The van der Waals surface area contributed by atoms with E-state index in [1.54, 1.807) is 24.5 Å². The average molecular weight is 321 g/mol. The molecule has 0 atom stereocenters. The number of hydrogen-bond donors (Lipinski definition) is 3. The molecule has 3 rings (SSSR count). The van der Waals surface area contributed by atoms with E-state index in [1.165, 1.54) is 6.20 Å². The molecule has 2 aromatic heterocycles. The molecule has 21 heavy (non-hydrogen) atoms. The number of rotatable bonds is 4. The van der Waals surface area contributed by atoms with Gasteiger partial charge in [-0.15, -0.1) is 0 Å². The quantitative estimate of drug-likeness (QED) is 0.677. The van der Waals surface area contributed by atoms with Crippen LogP contribution in [-0.2, 0) is 0 Å². The first kappa shape index (κ1) is 13.7. The molecular formula is C13H10Cl2N6. The van der Waals surface area contributed by atoms with Crippen molar-refractivity contribution in [3.63, 3.8) is 0 Å². The van der Waals surface area contributed by atoms with Crippen LogP contribution in [0.4, 0.5) is 23.1 Å². The van der Waals surface area contributed by atoms with Gasteiger partial charge in [0.05, 0.1) is 18.1 Å². The minimum Gasteiger partial charge on any atom is -0.339 e. The van der Waals surface area contributed by atoms with Crippen molar-refractivity contribution in [2.45, 2.75) is 0 Å². The van der Waals surface area contributed by atoms with Crippen LogP contribution < -0.4 is 10.6 Å². The van der Waals surface area contributed by atoms with Gasteiger partial charge in [-0.25, -0.2) is 4.98 Å². The van der Waals surface area contributed by atoms with E-state index in [2.05, 4.69) is 30.8 Å². The summed E-state index contributed by atoms with van der Waals surface area (Å²) in [5.41, 5.74) is 1.59. The Labute approximate surface area is 130 Å². The zero-order valence-electron chi connectivity index (χ0n) is 10.6. The number of benzene rings is 1. The van der Waals surface area contributed by atoms with Crippen molar-refractivity contribution < 1.29 is 0 Å². The van der Waals surface area contributed by atoms with Crippen LogP contribution in [0.2, 0.25) is 10.0 Å². The number of nitrogens with one attached hydrogen (secondary N) is 3. The lowest BCUT2D eigenvalue weighted by Gasteiger charge is -2.09. The van der Waals surface area contributed by atoms with Gasteiger partial charge in [0, 0.05) is 16.9 Å². The van der Waals surface area contributed by atoms with Crippen LogP contribution >= 0.6 is 23.2 Å². The zero-order valence-corrected chi connectivity index (χ0v) is 12.2. The Morgan fingerprint density at radius 1 is 0.952 bits per heavy atom. The molecule has 2 heterocycles. The number of anilines is 4. The van der Waals surface area contributed by atoms with Crippen molar-refractivity contribution in [3.8, 4) is 0 Å². The number of H-pyrrole nitrogens is 1. The van der Waals surface area contributed by atoms with E-state index in [4.69, 9.17) is 23.2 Å². The number of aromatic nitrogens is 4. The van der Waals surface area contributed by atoms with E-state index in [1.807, 2.05) is 12.1 Å². The predicted octanol–water partition coefficient (Wildman–Crippen LogP) is 3.99. The fraction of sp³-hybridized carbons (Fsp3) is 0. The Morgan fingerprint density at radius 3 is 2.48 bits per heavy atom. The third-order valence-corrected chi connectivity index (χ3v) is 3.13. The number of halogens is 2. The van der Waals surface area contributed by atoms with Crippen LogP contribution in [0.1, 0.15) is 0 Å². The summed E-state index contributed by atoms with van der Waals surface area (Å²) in [7, 11) is 0. The number of nitrogens with zero attached hydrogens (tertiary/aromatic N) is 3. The van der Waals surface area contributed by atoms with Gasteiger partial charge in [0.25, 0.3) is 0 Å². The van der Waals surface area contributed by atoms with Crippen LogP contribution in [-0.4, -0.2) is 20.2 Å². The summed E-state index contributed by atoms with van der Waals surface area (Å²) in [5, 5.41) is 13.7.